The summed E-state index contributed by atoms with van der Waals surface area (Å²) in [6, 6.07) is 4.94. The number of nitrogens with one attached hydrogen (secondary N) is 1. The van der Waals surface area contributed by atoms with E-state index in [0.717, 1.165) is 36.7 Å². The van der Waals surface area contributed by atoms with Crippen molar-refractivity contribution in [3.8, 4) is 11.5 Å². The van der Waals surface area contributed by atoms with Crippen LogP contribution in [0.5, 0.6) is 11.5 Å². The van der Waals surface area contributed by atoms with Crippen molar-refractivity contribution in [2.24, 2.45) is 5.92 Å². The summed E-state index contributed by atoms with van der Waals surface area (Å²) in [5.74, 6) is 1.29. The topological polar surface area (TPSA) is 88.2 Å². The van der Waals surface area contributed by atoms with Crippen molar-refractivity contribution < 1.29 is 22.7 Å². The number of piperidine rings is 1. The smallest absolute Gasteiger partial charge is 0.240 e. The predicted octanol–water partition coefficient (Wildman–Crippen LogP) is 1.46. The molecule has 2 aliphatic heterocycles. The van der Waals surface area contributed by atoms with E-state index in [4.69, 9.17) is 9.47 Å². The lowest BCUT2D eigenvalue weighted by molar-refractivity contribution is -0.119. The molecule has 0 bridgehead atoms. The molecule has 1 aromatic rings. The zero-order chi connectivity index (χ0) is 20.9. The van der Waals surface area contributed by atoms with E-state index in [1.54, 1.807) is 25.1 Å². The molecule has 0 radical (unpaired) electrons. The third kappa shape index (κ3) is 5.76. The van der Waals surface area contributed by atoms with Crippen LogP contribution in [0.4, 0.5) is 5.69 Å². The monoisotopic (exact) mass is 425 g/mol. The van der Waals surface area contributed by atoms with Gasteiger partial charge in [-0.25, -0.2) is 8.42 Å². The van der Waals surface area contributed by atoms with Crippen molar-refractivity contribution in [3.05, 3.63) is 18.2 Å². The molecule has 0 aliphatic carbocycles. The van der Waals surface area contributed by atoms with Crippen LogP contribution in [0.2, 0.25) is 0 Å². The summed E-state index contributed by atoms with van der Waals surface area (Å²) in [6.07, 6.45) is 3.20. The fraction of sp³-hybridized carbons (Fsp3) is 0.650. The van der Waals surface area contributed by atoms with Crippen LogP contribution < -0.4 is 19.1 Å². The SMILES string of the molecule is CCS(=O)(=O)N(CC(=O)NCCC1CCN(C)CC1)c1ccc2c(c1)OCCO2. The van der Waals surface area contributed by atoms with Gasteiger partial charge in [-0.3, -0.25) is 9.10 Å². The Hall–Kier alpha value is -2.00. The lowest BCUT2D eigenvalue weighted by atomic mass is 9.94. The van der Waals surface area contributed by atoms with Crippen LogP contribution in [-0.2, 0) is 14.8 Å². The molecule has 8 nitrogen and oxygen atoms in total. The Kier molecular flexibility index (Phi) is 7.23. The van der Waals surface area contributed by atoms with Gasteiger partial charge in [0.1, 0.15) is 19.8 Å². The van der Waals surface area contributed by atoms with Gasteiger partial charge in [-0.2, -0.15) is 0 Å². The molecule has 2 aliphatic rings. The Morgan fingerprint density at radius 2 is 1.90 bits per heavy atom. The van der Waals surface area contributed by atoms with Crippen LogP contribution in [0.1, 0.15) is 26.2 Å². The second-order valence-electron chi connectivity index (χ2n) is 7.62. The van der Waals surface area contributed by atoms with E-state index >= 15 is 0 Å². The number of anilines is 1. The molecule has 1 saturated heterocycles. The van der Waals surface area contributed by atoms with Crippen LogP contribution in [0.15, 0.2) is 18.2 Å². The largest absolute Gasteiger partial charge is 0.486 e. The standard InChI is InChI=1S/C20H31N3O5S/c1-3-29(25,26)23(17-4-5-18-19(14-17)28-13-12-27-18)15-20(24)21-9-6-16-7-10-22(2)11-8-16/h4-5,14,16H,3,6-13,15H2,1-2H3,(H,21,24). The number of sulfonamides is 1. The first-order valence-electron chi connectivity index (χ1n) is 10.2. The highest BCUT2D eigenvalue weighted by Gasteiger charge is 2.25. The molecule has 0 aromatic heterocycles. The predicted molar refractivity (Wildman–Crippen MR) is 112 cm³/mol. The number of ether oxygens (including phenoxy) is 2. The number of benzene rings is 1. The van der Waals surface area contributed by atoms with Gasteiger partial charge in [-0.15, -0.1) is 0 Å². The third-order valence-corrected chi connectivity index (χ3v) is 7.26. The van der Waals surface area contributed by atoms with E-state index in [-0.39, 0.29) is 18.2 Å². The Morgan fingerprint density at radius 3 is 2.59 bits per heavy atom. The quantitative estimate of drug-likeness (QED) is 0.679. The van der Waals surface area contributed by atoms with Gasteiger partial charge in [-0.1, -0.05) is 0 Å². The first-order valence-corrected chi connectivity index (χ1v) is 11.8. The summed E-state index contributed by atoms with van der Waals surface area (Å²) in [5, 5.41) is 2.89. The van der Waals surface area contributed by atoms with E-state index in [9.17, 15) is 13.2 Å². The Morgan fingerprint density at radius 1 is 1.21 bits per heavy atom. The molecule has 3 rings (SSSR count). The molecule has 0 atom stereocenters. The molecule has 0 spiro atoms. The van der Waals surface area contributed by atoms with Crippen molar-refractivity contribution in [1.82, 2.24) is 10.2 Å². The first-order chi connectivity index (χ1) is 13.9. The summed E-state index contributed by atoms with van der Waals surface area (Å²) < 4.78 is 37.4. The zero-order valence-corrected chi connectivity index (χ0v) is 18.0. The van der Waals surface area contributed by atoms with Crippen LogP contribution >= 0.6 is 0 Å². The Bertz CT molecular complexity index is 806. The maximum Gasteiger partial charge on any atom is 0.240 e. The Labute approximate surface area is 173 Å². The van der Waals surface area contributed by atoms with E-state index in [2.05, 4.69) is 17.3 Å². The normalized spacial score (nSPS) is 17.7. The minimum Gasteiger partial charge on any atom is -0.486 e. The van der Waals surface area contributed by atoms with Crippen LogP contribution in [0.3, 0.4) is 0 Å². The summed E-state index contributed by atoms with van der Waals surface area (Å²) in [6.45, 7) is 4.93. The molecule has 162 valence electrons. The minimum absolute atomic E-state index is 0.0929. The van der Waals surface area contributed by atoms with Gasteiger partial charge in [0.15, 0.2) is 11.5 Å². The molecular formula is C20H31N3O5S. The Balaban J connectivity index is 1.61. The number of hydrogen-bond donors (Lipinski definition) is 1. The second kappa shape index (κ2) is 9.67. The summed E-state index contributed by atoms with van der Waals surface area (Å²) >= 11 is 0. The minimum atomic E-state index is -3.62. The highest BCUT2D eigenvalue weighted by Crippen LogP contribution is 2.34. The summed E-state index contributed by atoms with van der Waals surface area (Å²) in [5.41, 5.74) is 0.404. The maximum absolute atomic E-state index is 12.6. The van der Waals surface area contributed by atoms with Crippen molar-refractivity contribution in [2.45, 2.75) is 26.2 Å². The molecule has 1 amide bonds. The molecule has 0 saturated carbocycles. The third-order valence-electron chi connectivity index (χ3n) is 5.51. The van der Waals surface area contributed by atoms with Gasteiger partial charge in [0.2, 0.25) is 15.9 Å². The van der Waals surface area contributed by atoms with Gasteiger partial charge < -0.3 is 19.7 Å². The second-order valence-corrected chi connectivity index (χ2v) is 9.80. The lowest BCUT2D eigenvalue weighted by Crippen LogP contribution is -2.42. The molecular weight excluding hydrogens is 394 g/mol. The number of carbonyl (C=O) groups is 1. The number of hydrogen-bond acceptors (Lipinski definition) is 6. The van der Waals surface area contributed by atoms with E-state index in [0.29, 0.717) is 42.9 Å². The lowest BCUT2D eigenvalue weighted by Gasteiger charge is -2.29. The van der Waals surface area contributed by atoms with Gasteiger partial charge in [0.25, 0.3) is 0 Å². The molecule has 0 unspecified atom stereocenters. The molecule has 29 heavy (non-hydrogen) atoms. The van der Waals surface area contributed by atoms with Gasteiger partial charge >= 0.3 is 0 Å². The van der Waals surface area contributed by atoms with Crippen LogP contribution in [0, 0.1) is 5.92 Å². The molecule has 9 heteroatoms. The zero-order valence-electron chi connectivity index (χ0n) is 17.2. The number of fused-ring (bicyclic) bond motifs is 1. The number of nitrogens with zero attached hydrogens (tertiary/aromatic N) is 2. The van der Waals surface area contributed by atoms with Gasteiger partial charge in [0.05, 0.1) is 11.4 Å². The molecule has 1 fully saturated rings. The first kappa shape index (κ1) is 21.7. The molecule has 1 aromatic carbocycles. The van der Waals surface area contributed by atoms with Crippen molar-refractivity contribution in [2.75, 3.05) is 56.5 Å². The maximum atomic E-state index is 12.6. The summed E-state index contributed by atoms with van der Waals surface area (Å²) in [7, 11) is -1.49. The van der Waals surface area contributed by atoms with E-state index in [1.807, 2.05) is 0 Å². The van der Waals surface area contributed by atoms with Crippen molar-refractivity contribution in [1.29, 1.82) is 0 Å². The van der Waals surface area contributed by atoms with Crippen molar-refractivity contribution >= 4 is 21.6 Å². The highest BCUT2D eigenvalue weighted by atomic mass is 32.2. The molecule has 1 N–H and O–H groups in total. The highest BCUT2D eigenvalue weighted by molar-refractivity contribution is 7.92. The molecule has 2 heterocycles. The van der Waals surface area contributed by atoms with Crippen LogP contribution in [0.25, 0.3) is 0 Å². The van der Waals surface area contributed by atoms with E-state index < -0.39 is 10.0 Å². The van der Waals surface area contributed by atoms with Crippen molar-refractivity contribution in [3.63, 3.8) is 0 Å². The average Bonchev–Trinajstić information content (AvgIpc) is 2.73. The number of rotatable bonds is 8. The fourth-order valence-corrected chi connectivity index (χ4v) is 4.71. The number of likely N-dealkylation sites (tertiary alicyclic amines) is 1. The number of carbonyl (C=O) groups excluding carboxylic acids is 1. The van der Waals surface area contributed by atoms with E-state index in [1.165, 1.54) is 0 Å². The average molecular weight is 426 g/mol. The summed E-state index contributed by atoms with van der Waals surface area (Å²) in [4.78, 5) is 14.8. The fourth-order valence-electron chi connectivity index (χ4n) is 3.65. The van der Waals surface area contributed by atoms with Crippen LogP contribution in [-0.4, -0.2) is 71.4 Å². The van der Waals surface area contributed by atoms with Gasteiger partial charge in [-0.05, 0) is 64.4 Å². The van der Waals surface area contributed by atoms with Gasteiger partial charge in [0, 0.05) is 12.6 Å². The number of amides is 1.